The fourth-order valence-electron chi connectivity index (χ4n) is 3.99. The second-order valence-electron chi connectivity index (χ2n) is 6.03. The van der Waals surface area contributed by atoms with Crippen LogP contribution in [0.5, 0.6) is 0 Å². The van der Waals surface area contributed by atoms with E-state index >= 15 is 0 Å². The van der Waals surface area contributed by atoms with Crippen molar-refractivity contribution >= 4 is 10.9 Å². The van der Waals surface area contributed by atoms with Gasteiger partial charge in [0.05, 0.1) is 0 Å². The molecular weight excluding hydrogens is 220 g/mol. The molecule has 0 spiro atoms. The molecule has 0 amide bonds. The molecule has 94 valence electrons. The maximum Gasteiger partial charge on any atom is 0.0480 e. The Morgan fingerprint density at radius 3 is 2.89 bits per heavy atom. The van der Waals surface area contributed by atoms with Crippen LogP contribution >= 0.6 is 0 Å². The smallest absolute Gasteiger partial charge is 0.0480 e. The maximum absolute atomic E-state index is 2.60. The molecule has 2 nitrogen and oxygen atoms in total. The van der Waals surface area contributed by atoms with Crippen molar-refractivity contribution in [3.63, 3.8) is 0 Å². The zero-order valence-electron chi connectivity index (χ0n) is 11.2. The molecule has 2 aliphatic rings. The topological polar surface area (TPSA) is 8.17 Å². The first kappa shape index (κ1) is 10.6. The Balaban J connectivity index is 1.82. The van der Waals surface area contributed by atoms with Gasteiger partial charge in [-0.3, -0.25) is 0 Å². The fraction of sp³-hybridized carbons (Fsp3) is 0.500. The van der Waals surface area contributed by atoms with E-state index in [1.54, 1.807) is 5.69 Å². The van der Waals surface area contributed by atoms with Crippen LogP contribution in [-0.4, -0.2) is 29.1 Å². The summed E-state index contributed by atoms with van der Waals surface area (Å²) in [5.74, 6) is 0.903. The molecule has 1 aromatic heterocycles. The number of fused-ring (bicyclic) bond motifs is 2. The normalized spacial score (nSPS) is 30.9. The van der Waals surface area contributed by atoms with Gasteiger partial charge in [-0.15, -0.1) is 0 Å². The van der Waals surface area contributed by atoms with Crippen LogP contribution in [0.1, 0.15) is 19.0 Å². The van der Waals surface area contributed by atoms with Crippen molar-refractivity contribution in [1.29, 1.82) is 0 Å². The quantitative estimate of drug-likeness (QED) is 0.783. The summed E-state index contributed by atoms with van der Waals surface area (Å²) in [5.41, 5.74) is 3.41. The van der Waals surface area contributed by atoms with Crippen molar-refractivity contribution in [2.75, 3.05) is 19.6 Å². The number of para-hydroxylation sites is 1. The van der Waals surface area contributed by atoms with E-state index < -0.39 is 0 Å². The van der Waals surface area contributed by atoms with Gasteiger partial charge in [-0.1, -0.05) is 25.1 Å². The first-order valence-corrected chi connectivity index (χ1v) is 7.02. The summed E-state index contributed by atoms with van der Waals surface area (Å²) in [6, 6.07) is 11.2. The highest BCUT2D eigenvalue weighted by Gasteiger charge is 2.61. The van der Waals surface area contributed by atoms with Crippen LogP contribution in [0.3, 0.4) is 0 Å². The van der Waals surface area contributed by atoms with E-state index in [-0.39, 0.29) is 0 Å². The molecule has 0 radical (unpaired) electrons. The minimum atomic E-state index is 0.476. The Kier molecular flexibility index (Phi) is 2.00. The van der Waals surface area contributed by atoms with Gasteiger partial charge in [0.15, 0.2) is 0 Å². The molecule has 0 bridgehead atoms. The average Bonchev–Trinajstić information content (AvgIpc) is 2.80. The third-order valence-electron chi connectivity index (χ3n) is 5.13. The van der Waals surface area contributed by atoms with Gasteiger partial charge in [0.2, 0.25) is 0 Å². The molecule has 2 fully saturated rings. The van der Waals surface area contributed by atoms with Gasteiger partial charge in [0.25, 0.3) is 0 Å². The summed E-state index contributed by atoms with van der Waals surface area (Å²) in [4.78, 5) is 2.60. The first-order valence-electron chi connectivity index (χ1n) is 7.02. The van der Waals surface area contributed by atoms with Crippen LogP contribution in [0.15, 0.2) is 30.3 Å². The second-order valence-corrected chi connectivity index (χ2v) is 6.03. The summed E-state index contributed by atoms with van der Waals surface area (Å²) in [7, 11) is 2.23. The highest BCUT2D eigenvalue weighted by molar-refractivity contribution is 5.82. The van der Waals surface area contributed by atoms with E-state index in [1.807, 2.05) is 0 Å². The average molecular weight is 240 g/mol. The van der Waals surface area contributed by atoms with Crippen molar-refractivity contribution in [2.45, 2.75) is 18.8 Å². The molecule has 2 aromatic rings. The molecule has 1 aromatic carbocycles. The van der Waals surface area contributed by atoms with Crippen molar-refractivity contribution in [2.24, 2.45) is 13.0 Å². The zero-order chi connectivity index (χ0) is 12.3. The fourth-order valence-corrected chi connectivity index (χ4v) is 3.99. The molecule has 1 saturated carbocycles. The zero-order valence-corrected chi connectivity index (χ0v) is 11.2. The lowest BCUT2D eigenvalue weighted by Gasteiger charge is -2.19. The Morgan fingerprint density at radius 2 is 2.17 bits per heavy atom. The number of hydrogen-bond acceptors (Lipinski definition) is 1. The summed E-state index contributed by atoms with van der Waals surface area (Å²) in [6.45, 7) is 6.04. The number of likely N-dealkylation sites (tertiary alicyclic amines) is 1. The van der Waals surface area contributed by atoms with Gasteiger partial charge >= 0.3 is 0 Å². The lowest BCUT2D eigenvalue weighted by atomic mass is 10.0. The Morgan fingerprint density at radius 1 is 1.33 bits per heavy atom. The summed E-state index contributed by atoms with van der Waals surface area (Å²) < 4.78 is 2.43. The highest BCUT2D eigenvalue weighted by Crippen LogP contribution is 2.59. The largest absolute Gasteiger partial charge is 0.347 e. The molecule has 2 heteroatoms. The molecule has 2 unspecified atom stereocenters. The third-order valence-corrected chi connectivity index (χ3v) is 5.13. The number of aryl methyl sites for hydroxylation is 1. The lowest BCUT2D eigenvalue weighted by Crippen LogP contribution is -2.27. The number of likely N-dealkylation sites (N-methyl/N-ethyl adjacent to an activating group) is 1. The van der Waals surface area contributed by atoms with Gasteiger partial charge in [-0.05, 0) is 36.4 Å². The SMILES string of the molecule is CCN1CC2CC2(c2cc3ccccc3n2C)C1. The molecular formula is C16H20N2. The Bertz CT molecular complexity index is 613. The number of hydrogen-bond donors (Lipinski definition) is 0. The van der Waals surface area contributed by atoms with Crippen molar-refractivity contribution in [3.8, 4) is 0 Å². The van der Waals surface area contributed by atoms with Crippen molar-refractivity contribution < 1.29 is 0 Å². The number of piperidine rings is 1. The van der Waals surface area contributed by atoms with E-state index in [0.717, 1.165) is 5.92 Å². The lowest BCUT2D eigenvalue weighted by molar-refractivity contribution is 0.312. The minimum absolute atomic E-state index is 0.476. The molecule has 18 heavy (non-hydrogen) atoms. The van der Waals surface area contributed by atoms with E-state index in [0.29, 0.717) is 5.41 Å². The van der Waals surface area contributed by atoms with E-state index in [2.05, 4.69) is 53.8 Å². The van der Waals surface area contributed by atoms with Crippen LogP contribution in [0.4, 0.5) is 0 Å². The Hall–Kier alpha value is -1.28. The predicted octanol–water partition coefficient (Wildman–Crippen LogP) is 2.77. The number of rotatable bonds is 2. The van der Waals surface area contributed by atoms with Crippen molar-refractivity contribution in [3.05, 3.63) is 36.0 Å². The molecule has 2 atom stereocenters. The molecule has 1 aliphatic heterocycles. The molecule has 1 aliphatic carbocycles. The van der Waals surface area contributed by atoms with E-state index in [1.165, 1.54) is 37.0 Å². The van der Waals surface area contributed by atoms with E-state index in [4.69, 9.17) is 0 Å². The minimum Gasteiger partial charge on any atom is -0.347 e. The third kappa shape index (κ3) is 1.22. The van der Waals surface area contributed by atoms with Crippen LogP contribution in [-0.2, 0) is 12.5 Å². The Labute approximate surface area is 108 Å². The van der Waals surface area contributed by atoms with Gasteiger partial charge in [0, 0.05) is 36.8 Å². The number of benzene rings is 1. The number of aromatic nitrogens is 1. The van der Waals surface area contributed by atoms with Crippen LogP contribution in [0.25, 0.3) is 10.9 Å². The molecule has 4 rings (SSSR count). The highest BCUT2D eigenvalue weighted by atomic mass is 15.2. The summed E-state index contributed by atoms with van der Waals surface area (Å²) in [6.07, 6.45) is 1.40. The van der Waals surface area contributed by atoms with Gasteiger partial charge in [-0.2, -0.15) is 0 Å². The van der Waals surface area contributed by atoms with Gasteiger partial charge < -0.3 is 9.47 Å². The first-order chi connectivity index (χ1) is 8.74. The number of nitrogens with zero attached hydrogens (tertiary/aromatic N) is 2. The van der Waals surface area contributed by atoms with Gasteiger partial charge in [-0.25, -0.2) is 0 Å². The molecule has 1 saturated heterocycles. The van der Waals surface area contributed by atoms with Crippen LogP contribution in [0, 0.1) is 5.92 Å². The summed E-state index contributed by atoms with van der Waals surface area (Å²) in [5, 5.41) is 1.39. The molecule has 0 N–H and O–H groups in total. The molecule has 2 heterocycles. The van der Waals surface area contributed by atoms with E-state index in [9.17, 15) is 0 Å². The summed E-state index contributed by atoms with van der Waals surface area (Å²) >= 11 is 0. The van der Waals surface area contributed by atoms with Crippen LogP contribution in [0.2, 0.25) is 0 Å². The predicted molar refractivity (Wildman–Crippen MR) is 74.8 cm³/mol. The monoisotopic (exact) mass is 240 g/mol. The standard InChI is InChI=1S/C16H20N2/c1-3-18-10-13-9-16(13,11-18)15-8-12-6-4-5-7-14(12)17(15)2/h4-8,13H,3,9-11H2,1-2H3. The maximum atomic E-state index is 2.60. The second kappa shape index (κ2) is 3.39. The van der Waals surface area contributed by atoms with Crippen molar-refractivity contribution in [1.82, 2.24) is 9.47 Å². The van der Waals surface area contributed by atoms with Crippen LogP contribution < -0.4 is 0 Å². The van der Waals surface area contributed by atoms with Gasteiger partial charge in [0.1, 0.15) is 0 Å².